The number of aromatic nitrogens is 1. The average Bonchev–Trinajstić information content (AvgIpc) is 3.02. The second-order valence-corrected chi connectivity index (χ2v) is 5.00. The average molecular weight is 292 g/mol. The van der Waals surface area contributed by atoms with E-state index in [4.69, 9.17) is 4.52 Å². The SMILES string of the molecule is O=C(NCc1cc(Cc2ccccc2)no1)c1ccccc1. The van der Waals surface area contributed by atoms with Crippen molar-refractivity contribution in [2.75, 3.05) is 0 Å². The molecule has 0 aliphatic heterocycles. The molecule has 0 atom stereocenters. The molecule has 22 heavy (non-hydrogen) atoms. The van der Waals surface area contributed by atoms with E-state index >= 15 is 0 Å². The Morgan fingerprint density at radius 1 is 1.00 bits per heavy atom. The zero-order valence-corrected chi connectivity index (χ0v) is 12.0. The Morgan fingerprint density at radius 2 is 1.68 bits per heavy atom. The Hall–Kier alpha value is -2.88. The smallest absolute Gasteiger partial charge is 0.251 e. The summed E-state index contributed by atoms with van der Waals surface area (Å²) in [5.41, 5.74) is 2.66. The number of benzene rings is 2. The lowest BCUT2D eigenvalue weighted by atomic mass is 10.1. The second kappa shape index (κ2) is 6.72. The molecule has 0 unspecified atom stereocenters. The summed E-state index contributed by atoms with van der Waals surface area (Å²) in [6.45, 7) is 0.329. The molecule has 0 radical (unpaired) electrons. The molecule has 0 saturated heterocycles. The molecular formula is C18H16N2O2. The van der Waals surface area contributed by atoms with Crippen molar-refractivity contribution in [1.29, 1.82) is 0 Å². The van der Waals surface area contributed by atoms with Crippen molar-refractivity contribution in [1.82, 2.24) is 10.5 Å². The number of amides is 1. The van der Waals surface area contributed by atoms with Crippen molar-refractivity contribution >= 4 is 5.91 Å². The van der Waals surface area contributed by atoms with Crippen molar-refractivity contribution in [3.63, 3.8) is 0 Å². The summed E-state index contributed by atoms with van der Waals surface area (Å²) in [6, 6.07) is 21.0. The van der Waals surface area contributed by atoms with Gasteiger partial charge in [-0.05, 0) is 17.7 Å². The molecule has 0 aliphatic carbocycles. The highest BCUT2D eigenvalue weighted by Gasteiger charge is 2.08. The third kappa shape index (κ3) is 3.61. The molecule has 4 heteroatoms. The number of nitrogens with zero attached hydrogens (tertiary/aromatic N) is 1. The minimum absolute atomic E-state index is 0.124. The van der Waals surface area contributed by atoms with Crippen LogP contribution in [-0.4, -0.2) is 11.1 Å². The molecule has 0 spiro atoms. The third-order valence-corrected chi connectivity index (χ3v) is 3.29. The van der Waals surface area contributed by atoms with Crippen LogP contribution in [0.2, 0.25) is 0 Å². The molecular weight excluding hydrogens is 276 g/mol. The molecule has 0 bridgehead atoms. The van der Waals surface area contributed by atoms with Crippen molar-refractivity contribution in [2.45, 2.75) is 13.0 Å². The van der Waals surface area contributed by atoms with E-state index in [0.29, 0.717) is 17.9 Å². The van der Waals surface area contributed by atoms with Gasteiger partial charge in [0.25, 0.3) is 5.91 Å². The summed E-state index contributed by atoms with van der Waals surface area (Å²) < 4.78 is 5.26. The summed E-state index contributed by atoms with van der Waals surface area (Å²) in [5, 5.41) is 6.86. The summed E-state index contributed by atoms with van der Waals surface area (Å²) in [4.78, 5) is 11.9. The van der Waals surface area contributed by atoms with E-state index in [1.54, 1.807) is 12.1 Å². The topological polar surface area (TPSA) is 55.1 Å². The van der Waals surface area contributed by atoms with Crippen LogP contribution in [0.4, 0.5) is 0 Å². The number of carbonyl (C=O) groups excluding carboxylic acids is 1. The van der Waals surface area contributed by atoms with Crippen molar-refractivity contribution in [3.8, 4) is 0 Å². The highest BCUT2D eigenvalue weighted by molar-refractivity contribution is 5.93. The number of hydrogen-bond donors (Lipinski definition) is 1. The number of hydrogen-bond acceptors (Lipinski definition) is 3. The van der Waals surface area contributed by atoms with Gasteiger partial charge in [0.15, 0.2) is 5.76 Å². The maximum Gasteiger partial charge on any atom is 0.251 e. The summed E-state index contributed by atoms with van der Waals surface area (Å²) in [6.07, 6.45) is 0.719. The Kier molecular flexibility index (Phi) is 4.30. The molecule has 1 N–H and O–H groups in total. The summed E-state index contributed by atoms with van der Waals surface area (Å²) >= 11 is 0. The first kappa shape index (κ1) is 14.1. The van der Waals surface area contributed by atoms with Crippen LogP contribution >= 0.6 is 0 Å². The monoisotopic (exact) mass is 292 g/mol. The molecule has 0 aliphatic rings. The molecule has 0 fully saturated rings. The number of carbonyl (C=O) groups is 1. The van der Waals surface area contributed by atoms with Crippen LogP contribution in [-0.2, 0) is 13.0 Å². The van der Waals surface area contributed by atoms with Crippen molar-refractivity contribution < 1.29 is 9.32 Å². The van der Waals surface area contributed by atoms with Crippen LogP contribution in [0.1, 0.15) is 27.4 Å². The van der Waals surface area contributed by atoms with Crippen LogP contribution in [0, 0.1) is 0 Å². The molecule has 0 saturated carbocycles. The van der Waals surface area contributed by atoms with E-state index in [0.717, 1.165) is 12.1 Å². The second-order valence-electron chi connectivity index (χ2n) is 5.00. The fourth-order valence-electron chi connectivity index (χ4n) is 2.19. The summed E-state index contributed by atoms with van der Waals surface area (Å²) in [7, 11) is 0. The number of rotatable bonds is 5. The van der Waals surface area contributed by atoms with Crippen LogP contribution in [0.5, 0.6) is 0 Å². The van der Waals surface area contributed by atoms with Crippen LogP contribution < -0.4 is 5.32 Å². The summed E-state index contributed by atoms with van der Waals surface area (Å²) in [5.74, 6) is 0.525. The zero-order valence-electron chi connectivity index (χ0n) is 12.0. The van der Waals surface area contributed by atoms with Crippen LogP contribution in [0.3, 0.4) is 0 Å². The van der Waals surface area contributed by atoms with Crippen LogP contribution in [0.25, 0.3) is 0 Å². The first-order chi connectivity index (χ1) is 10.8. The standard InChI is InChI=1S/C18H16N2O2/c21-18(15-9-5-2-6-10-15)19-13-17-12-16(20-22-17)11-14-7-3-1-4-8-14/h1-10,12H,11,13H2,(H,19,21). The van der Waals surface area contributed by atoms with Gasteiger partial charge in [0.05, 0.1) is 12.2 Å². The Balaban J connectivity index is 1.57. The molecule has 4 nitrogen and oxygen atoms in total. The third-order valence-electron chi connectivity index (χ3n) is 3.29. The van der Waals surface area contributed by atoms with E-state index in [2.05, 4.69) is 10.5 Å². The van der Waals surface area contributed by atoms with E-state index in [-0.39, 0.29) is 5.91 Å². The Morgan fingerprint density at radius 3 is 2.41 bits per heavy atom. The van der Waals surface area contributed by atoms with Gasteiger partial charge in [-0.2, -0.15) is 0 Å². The first-order valence-electron chi connectivity index (χ1n) is 7.13. The maximum absolute atomic E-state index is 11.9. The molecule has 3 rings (SSSR count). The fourth-order valence-corrected chi connectivity index (χ4v) is 2.19. The lowest BCUT2D eigenvalue weighted by Gasteiger charge is -2.01. The van der Waals surface area contributed by atoms with E-state index in [1.165, 1.54) is 5.56 Å². The van der Waals surface area contributed by atoms with Gasteiger partial charge < -0.3 is 9.84 Å². The van der Waals surface area contributed by atoms with Gasteiger partial charge in [0, 0.05) is 18.1 Å². The highest BCUT2D eigenvalue weighted by atomic mass is 16.5. The molecule has 2 aromatic carbocycles. The van der Waals surface area contributed by atoms with Gasteiger partial charge in [-0.15, -0.1) is 0 Å². The highest BCUT2D eigenvalue weighted by Crippen LogP contribution is 2.10. The van der Waals surface area contributed by atoms with Gasteiger partial charge in [-0.25, -0.2) is 0 Å². The van der Waals surface area contributed by atoms with E-state index in [9.17, 15) is 4.79 Å². The lowest BCUT2D eigenvalue weighted by molar-refractivity contribution is 0.0947. The normalized spacial score (nSPS) is 10.4. The minimum atomic E-state index is -0.124. The van der Waals surface area contributed by atoms with E-state index in [1.807, 2.05) is 54.6 Å². The largest absolute Gasteiger partial charge is 0.359 e. The zero-order chi connectivity index (χ0) is 15.2. The first-order valence-corrected chi connectivity index (χ1v) is 7.13. The molecule has 1 aromatic heterocycles. The van der Waals surface area contributed by atoms with Gasteiger partial charge in [-0.1, -0.05) is 53.7 Å². The lowest BCUT2D eigenvalue weighted by Crippen LogP contribution is -2.22. The predicted octanol–water partition coefficient (Wildman–Crippen LogP) is 3.20. The van der Waals surface area contributed by atoms with Gasteiger partial charge >= 0.3 is 0 Å². The van der Waals surface area contributed by atoms with Gasteiger partial charge in [-0.3, -0.25) is 4.79 Å². The molecule has 1 heterocycles. The molecule has 3 aromatic rings. The van der Waals surface area contributed by atoms with Gasteiger partial charge in [0.2, 0.25) is 0 Å². The Bertz CT molecular complexity index is 736. The van der Waals surface area contributed by atoms with Crippen LogP contribution in [0.15, 0.2) is 71.3 Å². The Labute approximate surface area is 128 Å². The minimum Gasteiger partial charge on any atom is -0.359 e. The quantitative estimate of drug-likeness (QED) is 0.785. The number of nitrogens with one attached hydrogen (secondary N) is 1. The van der Waals surface area contributed by atoms with Gasteiger partial charge in [0.1, 0.15) is 0 Å². The predicted molar refractivity (Wildman–Crippen MR) is 83.4 cm³/mol. The van der Waals surface area contributed by atoms with E-state index < -0.39 is 0 Å². The molecule has 1 amide bonds. The molecule has 110 valence electrons. The fraction of sp³-hybridized carbons (Fsp3) is 0.111. The van der Waals surface area contributed by atoms with Crippen molar-refractivity contribution in [3.05, 3.63) is 89.3 Å². The maximum atomic E-state index is 11.9. The van der Waals surface area contributed by atoms with Crippen molar-refractivity contribution in [2.24, 2.45) is 0 Å².